The number of anilines is 1. The zero-order valence-corrected chi connectivity index (χ0v) is 17.8. The van der Waals surface area contributed by atoms with Crippen LogP contribution in [0.2, 0.25) is 0 Å². The Morgan fingerprint density at radius 3 is 2.33 bits per heavy atom. The molecule has 0 atom stereocenters. The predicted molar refractivity (Wildman–Crippen MR) is 105 cm³/mol. The van der Waals surface area contributed by atoms with Crippen molar-refractivity contribution >= 4 is 53.9 Å². The van der Waals surface area contributed by atoms with Gasteiger partial charge in [-0.2, -0.15) is 0 Å². The van der Waals surface area contributed by atoms with E-state index in [2.05, 4.69) is 21.2 Å². The van der Waals surface area contributed by atoms with Crippen molar-refractivity contribution in [2.24, 2.45) is 5.73 Å². The predicted octanol–water partition coefficient (Wildman–Crippen LogP) is 2.55. The van der Waals surface area contributed by atoms with E-state index in [1.165, 1.54) is 43.4 Å². The highest BCUT2D eigenvalue weighted by Gasteiger charge is 2.25. The first kappa shape index (κ1) is 23.2. The fraction of sp³-hybridized carbons (Fsp3) is 0.250. The van der Waals surface area contributed by atoms with Crippen LogP contribution in [0, 0.1) is 5.82 Å². The number of carbonyl (C=O) groups is 2. The van der Waals surface area contributed by atoms with E-state index in [4.69, 9.17) is 5.73 Å². The number of rotatable bonds is 4. The van der Waals surface area contributed by atoms with Gasteiger partial charge in [0, 0.05) is 10.7 Å². The summed E-state index contributed by atoms with van der Waals surface area (Å²) in [5.41, 5.74) is 3.86. The smallest absolute Gasteiger partial charge is 0.256 e. The van der Waals surface area contributed by atoms with Gasteiger partial charge in [-0.25, -0.2) is 12.8 Å². The van der Waals surface area contributed by atoms with Gasteiger partial charge in [-0.3, -0.25) is 9.59 Å². The SMILES string of the molecule is CC(C)(O)C(=O)Nc1sccc1C(N)=O.CS(=O)(=O)c1cc(F)ccc1Br. The molecule has 0 bridgehead atoms. The molecule has 0 radical (unpaired) electrons. The maximum absolute atomic E-state index is 12.6. The molecular formula is C16H18BrFN2O5S2. The van der Waals surface area contributed by atoms with Crippen molar-refractivity contribution in [3.8, 4) is 0 Å². The molecule has 2 aromatic rings. The molecule has 0 unspecified atom stereocenters. The molecule has 0 saturated heterocycles. The summed E-state index contributed by atoms with van der Waals surface area (Å²) in [7, 11) is -3.34. The van der Waals surface area contributed by atoms with E-state index in [-0.39, 0.29) is 10.5 Å². The van der Waals surface area contributed by atoms with Crippen molar-refractivity contribution in [2.75, 3.05) is 11.6 Å². The van der Waals surface area contributed by atoms with Crippen LogP contribution in [0.4, 0.5) is 9.39 Å². The molecule has 0 fully saturated rings. The van der Waals surface area contributed by atoms with Crippen molar-refractivity contribution in [3.63, 3.8) is 0 Å². The fourth-order valence-corrected chi connectivity index (χ4v) is 4.28. The summed E-state index contributed by atoms with van der Waals surface area (Å²) < 4.78 is 35.0. The highest BCUT2D eigenvalue weighted by atomic mass is 79.9. The number of halogens is 2. The van der Waals surface area contributed by atoms with E-state index in [0.29, 0.717) is 9.47 Å². The lowest BCUT2D eigenvalue weighted by Gasteiger charge is -2.16. The Kier molecular flexibility index (Phi) is 7.66. The summed E-state index contributed by atoms with van der Waals surface area (Å²) in [6.07, 6.45) is 1.03. The fourth-order valence-electron chi connectivity index (χ4n) is 1.62. The number of hydrogen-bond donors (Lipinski definition) is 3. The van der Waals surface area contributed by atoms with E-state index in [0.717, 1.165) is 12.3 Å². The monoisotopic (exact) mass is 480 g/mol. The first-order chi connectivity index (χ1) is 12.2. The van der Waals surface area contributed by atoms with E-state index in [9.17, 15) is 27.5 Å². The summed E-state index contributed by atoms with van der Waals surface area (Å²) in [5.74, 6) is -1.74. The van der Waals surface area contributed by atoms with E-state index < -0.39 is 33.1 Å². The second kappa shape index (κ2) is 8.91. The number of carbonyl (C=O) groups excluding carboxylic acids is 2. The van der Waals surface area contributed by atoms with Gasteiger partial charge in [0.1, 0.15) is 16.4 Å². The molecule has 1 aromatic carbocycles. The number of aliphatic hydroxyl groups is 1. The number of thiophene rings is 1. The Hall–Kier alpha value is -1.82. The first-order valence-electron chi connectivity index (χ1n) is 7.29. The van der Waals surface area contributed by atoms with Gasteiger partial charge in [0.25, 0.3) is 11.8 Å². The number of hydrogen-bond acceptors (Lipinski definition) is 6. The average Bonchev–Trinajstić information content (AvgIpc) is 2.97. The minimum absolute atomic E-state index is 0.0255. The third kappa shape index (κ3) is 7.01. The van der Waals surface area contributed by atoms with Gasteiger partial charge in [0.2, 0.25) is 0 Å². The highest BCUT2D eigenvalue weighted by Crippen LogP contribution is 2.24. The zero-order chi connectivity index (χ0) is 21.0. The van der Waals surface area contributed by atoms with Gasteiger partial charge in [-0.15, -0.1) is 11.3 Å². The Bertz CT molecular complexity index is 952. The molecule has 11 heteroatoms. The molecule has 0 aliphatic rings. The minimum Gasteiger partial charge on any atom is -0.381 e. The molecule has 1 heterocycles. The Morgan fingerprint density at radius 1 is 1.30 bits per heavy atom. The summed E-state index contributed by atoms with van der Waals surface area (Å²) >= 11 is 4.20. The van der Waals surface area contributed by atoms with Gasteiger partial charge >= 0.3 is 0 Å². The minimum atomic E-state index is -3.34. The number of primary amides is 1. The topological polar surface area (TPSA) is 127 Å². The number of nitrogens with two attached hydrogens (primary N) is 1. The van der Waals surface area contributed by atoms with Gasteiger partial charge in [-0.1, -0.05) is 0 Å². The second-order valence-electron chi connectivity index (χ2n) is 5.89. The molecule has 7 nitrogen and oxygen atoms in total. The number of sulfone groups is 1. The lowest BCUT2D eigenvalue weighted by Crippen LogP contribution is -2.36. The summed E-state index contributed by atoms with van der Waals surface area (Å²) in [4.78, 5) is 22.3. The highest BCUT2D eigenvalue weighted by molar-refractivity contribution is 9.10. The molecule has 2 amide bonds. The normalized spacial score (nSPS) is 11.3. The van der Waals surface area contributed by atoms with Crippen LogP contribution in [0.15, 0.2) is 39.0 Å². The Morgan fingerprint density at radius 2 is 1.89 bits per heavy atom. The summed E-state index contributed by atoms with van der Waals surface area (Å²) in [6, 6.07) is 5.07. The van der Waals surface area contributed by atoms with Crippen molar-refractivity contribution in [3.05, 3.63) is 45.5 Å². The zero-order valence-electron chi connectivity index (χ0n) is 14.6. The number of benzene rings is 1. The summed E-state index contributed by atoms with van der Waals surface area (Å²) in [6.45, 7) is 2.72. The number of amides is 2. The third-order valence-corrected chi connectivity index (χ3v) is 5.93. The lowest BCUT2D eigenvalue weighted by atomic mass is 10.1. The van der Waals surface area contributed by atoms with Crippen LogP contribution in [0.25, 0.3) is 0 Å². The standard InChI is InChI=1S/C9H12N2O3S.C7H6BrFO2S/c1-9(2,14)8(13)11-7-5(6(10)12)3-4-15-7;1-12(10,11)7-4-5(9)2-3-6(7)8/h3-4,14H,1-2H3,(H2,10,12)(H,11,13);2-4H,1H3. The van der Waals surface area contributed by atoms with E-state index in [1.807, 2.05) is 0 Å². The van der Waals surface area contributed by atoms with Gasteiger partial charge in [-0.05, 0) is 59.4 Å². The van der Waals surface area contributed by atoms with E-state index in [1.54, 1.807) is 5.38 Å². The second-order valence-corrected chi connectivity index (χ2v) is 9.64. The third-order valence-electron chi connectivity index (χ3n) is 3.01. The van der Waals surface area contributed by atoms with Crippen LogP contribution in [0.5, 0.6) is 0 Å². The van der Waals surface area contributed by atoms with Crippen LogP contribution in [0.3, 0.4) is 0 Å². The van der Waals surface area contributed by atoms with Gasteiger partial charge in [0.15, 0.2) is 9.84 Å². The average molecular weight is 481 g/mol. The molecule has 27 heavy (non-hydrogen) atoms. The molecule has 2 rings (SSSR count). The van der Waals surface area contributed by atoms with Crippen molar-refractivity contribution in [1.29, 1.82) is 0 Å². The molecule has 1 aromatic heterocycles. The van der Waals surface area contributed by atoms with Crippen LogP contribution >= 0.6 is 27.3 Å². The molecule has 0 saturated carbocycles. The Balaban J connectivity index is 0.000000277. The molecule has 0 aliphatic carbocycles. The van der Waals surface area contributed by atoms with E-state index >= 15 is 0 Å². The van der Waals surface area contributed by atoms with Crippen LogP contribution < -0.4 is 11.1 Å². The molecule has 4 N–H and O–H groups in total. The molecule has 0 spiro atoms. The number of nitrogens with one attached hydrogen (secondary N) is 1. The van der Waals surface area contributed by atoms with Gasteiger partial charge in [0.05, 0.1) is 10.5 Å². The maximum Gasteiger partial charge on any atom is 0.256 e. The van der Waals surface area contributed by atoms with Crippen molar-refractivity contribution < 1.29 is 27.5 Å². The first-order valence-corrected chi connectivity index (χ1v) is 10.9. The van der Waals surface area contributed by atoms with Crippen molar-refractivity contribution in [1.82, 2.24) is 0 Å². The molecule has 148 valence electrons. The van der Waals surface area contributed by atoms with Crippen LogP contribution in [-0.4, -0.2) is 37.2 Å². The maximum atomic E-state index is 12.6. The van der Waals surface area contributed by atoms with Gasteiger partial charge < -0.3 is 16.2 Å². The molecule has 0 aliphatic heterocycles. The molecular weight excluding hydrogens is 463 g/mol. The van der Waals surface area contributed by atoms with Crippen LogP contribution in [-0.2, 0) is 14.6 Å². The van der Waals surface area contributed by atoms with Crippen molar-refractivity contribution in [2.45, 2.75) is 24.3 Å². The Labute approximate surface area is 168 Å². The van der Waals surface area contributed by atoms with Crippen LogP contribution in [0.1, 0.15) is 24.2 Å². The lowest BCUT2D eigenvalue weighted by molar-refractivity contribution is -0.130. The summed E-state index contributed by atoms with van der Waals surface area (Å²) in [5, 5.41) is 13.8. The quantitative estimate of drug-likeness (QED) is 0.619. The largest absolute Gasteiger partial charge is 0.381 e.